The molecule has 2 aromatic carbocycles. The van der Waals surface area contributed by atoms with Crippen molar-refractivity contribution >= 4 is 38.7 Å². The Balaban J connectivity index is 1.64. The van der Waals surface area contributed by atoms with Gasteiger partial charge in [-0.2, -0.15) is 0 Å². The van der Waals surface area contributed by atoms with Crippen molar-refractivity contribution in [2.75, 3.05) is 44.4 Å². The molecule has 0 radical (unpaired) electrons. The lowest BCUT2D eigenvalue weighted by Crippen LogP contribution is -2.48. The van der Waals surface area contributed by atoms with E-state index in [1.807, 2.05) is 6.07 Å². The second-order valence-corrected chi connectivity index (χ2v) is 10.9. The van der Waals surface area contributed by atoms with Crippen LogP contribution >= 0.6 is 12.2 Å². The van der Waals surface area contributed by atoms with Gasteiger partial charge in [0.05, 0.1) is 4.90 Å². The lowest BCUT2D eigenvalue weighted by Gasteiger charge is -2.37. The molecule has 6 nitrogen and oxygen atoms in total. The Kier molecular flexibility index (Phi) is 5.61. The molecule has 0 spiro atoms. The Bertz CT molecular complexity index is 1080. The fourth-order valence-corrected chi connectivity index (χ4v) is 5.77. The van der Waals surface area contributed by atoms with Crippen LogP contribution in [-0.4, -0.2) is 63.0 Å². The summed E-state index contributed by atoms with van der Waals surface area (Å²) in [4.78, 5) is 4.85. The Hall–Kier alpha value is -2.00. The van der Waals surface area contributed by atoms with Gasteiger partial charge in [0.15, 0.2) is 5.11 Å². The van der Waals surface area contributed by atoms with Crippen molar-refractivity contribution < 1.29 is 8.42 Å². The van der Waals surface area contributed by atoms with Crippen molar-refractivity contribution in [3.63, 3.8) is 0 Å². The summed E-state index contributed by atoms with van der Waals surface area (Å²) >= 11 is 5.83. The number of hydrogen-bond donors (Lipinski definition) is 1. The van der Waals surface area contributed by atoms with Crippen molar-refractivity contribution in [2.24, 2.45) is 0 Å². The van der Waals surface area contributed by atoms with Crippen LogP contribution in [0.3, 0.4) is 0 Å². The van der Waals surface area contributed by atoms with Crippen molar-refractivity contribution in [1.29, 1.82) is 0 Å². The molecule has 30 heavy (non-hydrogen) atoms. The smallest absolute Gasteiger partial charge is 0.242 e. The molecule has 2 atom stereocenters. The zero-order valence-corrected chi connectivity index (χ0v) is 19.4. The molecule has 1 saturated heterocycles. The van der Waals surface area contributed by atoms with Crippen molar-refractivity contribution in [2.45, 2.75) is 30.2 Å². The molecule has 2 aromatic rings. The van der Waals surface area contributed by atoms with Crippen LogP contribution in [0.25, 0.3) is 0 Å². The number of likely N-dealkylation sites (tertiary alicyclic amines) is 1. The summed E-state index contributed by atoms with van der Waals surface area (Å²) in [5.74, 6) is 0.416. The summed E-state index contributed by atoms with van der Waals surface area (Å²) in [6.45, 7) is 4.17. The molecule has 2 heterocycles. The highest BCUT2D eigenvalue weighted by Crippen LogP contribution is 2.45. The van der Waals surface area contributed by atoms with Crippen LogP contribution in [0.4, 0.5) is 11.4 Å². The fraction of sp³-hybridized carbons (Fsp3) is 0.409. The molecule has 1 N–H and O–H groups in total. The van der Waals surface area contributed by atoms with E-state index < -0.39 is 10.0 Å². The molecule has 0 saturated carbocycles. The highest BCUT2D eigenvalue weighted by Gasteiger charge is 2.42. The van der Waals surface area contributed by atoms with Crippen molar-refractivity contribution in [3.8, 4) is 0 Å². The van der Waals surface area contributed by atoms with E-state index in [2.05, 4.69) is 47.3 Å². The predicted octanol–water partition coefficient (Wildman–Crippen LogP) is 3.25. The third-order valence-corrected chi connectivity index (χ3v) is 8.15. The topological polar surface area (TPSA) is 55.9 Å². The SMILES string of the molecule is Cc1ccc2c(c1)[C@H]1CN(C)CC[C@H]1N2C(=S)Nc1cccc(S(=O)(=O)N(C)C)c1. The Morgan fingerprint density at radius 1 is 1.20 bits per heavy atom. The molecule has 0 aromatic heterocycles. The summed E-state index contributed by atoms with van der Waals surface area (Å²) in [6, 6.07) is 13.7. The summed E-state index contributed by atoms with van der Waals surface area (Å²) in [5.41, 5.74) is 4.43. The van der Waals surface area contributed by atoms with Gasteiger partial charge in [-0.25, -0.2) is 12.7 Å². The van der Waals surface area contributed by atoms with Gasteiger partial charge in [-0.1, -0.05) is 23.8 Å². The van der Waals surface area contributed by atoms with Gasteiger partial charge >= 0.3 is 0 Å². The summed E-state index contributed by atoms with van der Waals surface area (Å²) in [6.07, 6.45) is 1.03. The van der Waals surface area contributed by atoms with Gasteiger partial charge in [-0.15, -0.1) is 0 Å². The van der Waals surface area contributed by atoms with Crippen LogP contribution in [0.1, 0.15) is 23.5 Å². The molecule has 4 rings (SSSR count). The number of hydrogen-bond acceptors (Lipinski definition) is 4. The second-order valence-electron chi connectivity index (χ2n) is 8.40. The molecule has 0 bridgehead atoms. The summed E-state index contributed by atoms with van der Waals surface area (Å²) in [5, 5.41) is 3.90. The van der Waals surface area contributed by atoms with E-state index >= 15 is 0 Å². The Labute approximate surface area is 184 Å². The van der Waals surface area contributed by atoms with Crippen LogP contribution in [0.5, 0.6) is 0 Å². The number of anilines is 2. The highest BCUT2D eigenvalue weighted by atomic mass is 32.2. The predicted molar refractivity (Wildman–Crippen MR) is 126 cm³/mol. The number of nitrogens with one attached hydrogen (secondary N) is 1. The molecule has 160 valence electrons. The van der Waals surface area contributed by atoms with Crippen LogP contribution in [0, 0.1) is 6.92 Å². The fourth-order valence-electron chi connectivity index (χ4n) is 4.48. The molecular weight excluding hydrogens is 416 g/mol. The number of nitrogens with zero attached hydrogens (tertiary/aromatic N) is 3. The van der Waals surface area contributed by atoms with Gasteiger partial charge < -0.3 is 15.1 Å². The summed E-state index contributed by atoms with van der Waals surface area (Å²) in [7, 11) is 1.73. The maximum atomic E-state index is 12.5. The lowest BCUT2D eigenvalue weighted by atomic mass is 9.89. The van der Waals surface area contributed by atoms with E-state index in [-0.39, 0.29) is 4.90 Å². The minimum absolute atomic E-state index is 0.245. The van der Waals surface area contributed by atoms with Gasteiger partial charge in [-0.3, -0.25) is 0 Å². The molecule has 2 aliphatic rings. The number of piperidine rings is 1. The third-order valence-electron chi connectivity index (χ3n) is 6.04. The van der Waals surface area contributed by atoms with Crippen molar-refractivity contribution in [1.82, 2.24) is 9.21 Å². The third kappa shape index (κ3) is 3.73. The summed E-state index contributed by atoms with van der Waals surface area (Å²) < 4.78 is 26.2. The molecule has 0 aliphatic carbocycles. The molecular formula is C22H28N4O2S2. The van der Waals surface area contributed by atoms with E-state index in [0.29, 0.717) is 22.8 Å². The second kappa shape index (κ2) is 7.92. The van der Waals surface area contributed by atoms with Crippen LogP contribution in [0.15, 0.2) is 47.4 Å². The number of benzene rings is 2. The highest BCUT2D eigenvalue weighted by molar-refractivity contribution is 7.89. The van der Waals surface area contributed by atoms with Crippen molar-refractivity contribution in [3.05, 3.63) is 53.6 Å². The lowest BCUT2D eigenvalue weighted by molar-refractivity contribution is 0.237. The average molecular weight is 445 g/mol. The molecule has 0 unspecified atom stereocenters. The number of likely N-dealkylation sites (N-methyl/N-ethyl adjacent to an activating group) is 1. The average Bonchev–Trinajstić information content (AvgIpc) is 3.01. The quantitative estimate of drug-likeness (QED) is 0.734. The van der Waals surface area contributed by atoms with E-state index in [1.165, 1.54) is 29.5 Å². The first-order valence-corrected chi connectivity index (χ1v) is 11.9. The monoisotopic (exact) mass is 444 g/mol. The zero-order valence-electron chi connectivity index (χ0n) is 17.8. The van der Waals surface area contributed by atoms with E-state index in [0.717, 1.165) is 25.2 Å². The number of aryl methyl sites for hydroxylation is 1. The van der Waals surface area contributed by atoms with Gasteiger partial charge in [-0.05, 0) is 69.0 Å². The minimum atomic E-state index is -3.50. The maximum Gasteiger partial charge on any atom is 0.242 e. The molecule has 8 heteroatoms. The standard InChI is InChI=1S/C22H28N4O2S2/c1-15-8-9-20-18(12-15)19-14-25(4)11-10-21(19)26(20)22(29)23-16-6-5-7-17(13-16)30(27,28)24(2)3/h5-9,12-13,19,21H,10-11,14H2,1-4H3,(H,23,29)/t19-,21-/m1/s1. The first-order valence-electron chi connectivity index (χ1n) is 10.1. The Morgan fingerprint density at radius 3 is 2.70 bits per heavy atom. The van der Waals surface area contributed by atoms with E-state index in [4.69, 9.17) is 12.2 Å². The molecule has 1 fully saturated rings. The number of fused-ring (bicyclic) bond motifs is 3. The van der Waals surface area contributed by atoms with Crippen LogP contribution in [0.2, 0.25) is 0 Å². The normalized spacial score (nSPS) is 21.4. The number of rotatable bonds is 3. The first-order chi connectivity index (χ1) is 14.2. The molecule has 0 amide bonds. The van der Waals surface area contributed by atoms with Crippen LogP contribution < -0.4 is 10.2 Å². The largest absolute Gasteiger partial charge is 0.332 e. The zero-order chi connectivity index (χ0) is 21.6. The number of sulfonamides is 1. The number of thiocarbonyl (C=S) groups is 1. The van der Waals surface area contributed by atoms with Crippen LogP contribution in [-0.2, 0) is 10.0 Å². The molecule has 2 aliphatic heterocycles. The van der Waals surface area contributed by atoms with Gasteiger partial charge in [0.2, 0.25) is 10.0 Å². The first kappa shape index (κ1) is 21.2. The van der Waals surface area contributed by atoms with Gasteiger partial charge in [0.1, 0.15) is 0 Å². The van der Waals surface area contributed by atoms with E-state index in [1.54, 1.807) is 18.2 Å². The maximum absolute atomic E-state index is 12.5. The van der Waals surface area contributed by atoms with Gasteiger partial charge in [0.25, 0.3) is 0 Å². The minimum Gasteiger partial charge on any atom is -0.332 e. The Morgan fingerprint density at radius 2 is 1.97 bits per heavy atom. The van der Waals surface area contributed by atoms with Gasteiger partial charge in [0, 0.05) is 44.0 Å². The van der Waals surface area contributed by atoms with E-state index in [9.17, 15) is 8.42 Å².